The van der Waals surface area contributed by atoms with Gasteiger partial charge in [-0.1, -0.05) is 19.9 Å². The summed E-state index contributed by atoms with van der Waals surface area (Å²) >= 11 is 1.76. The average Bonchev–Trinajstić information content (AvgIpc) is 2.89. The molecule has 0 spiro atoms. The van der Waals surface area contributed by atoms with Crippen molar-refractivity contribution in [3.05, 3.63) is 22.4 Å². The van der Waals surface area contributed by atoms with Gasteiger partial charge < -0.3 is 16.2 Å². The molecule has 1 atom stereocenters. The monoisotopic (exact) mass is 425 g/mol. The second-order valence-electron chi connectivity index (χ2n) is 5.49. The lowest BCUT2D eigenvalue weighted by Gasteiger charge is -2.16. The lowest BCUT2D eigenvalue weighted by Crippen LogP contribution is -2.33. The van der Waals surface area contributed by atoms with Crippen LogP contribution in [-0.4, -0.2) is 30.8 Å². The third-order valence-corrected chi connectivity index (χ3v) is 4.06. The van der Waals surface area contributed by atoms with Gasteiger partial charge in [-0.05, 0) is 42.5 Å². The van der Waals surface area contributed by atoms with E-state index in [4.69, 9.17) is 10.8 Å². The van der Waals surface area contributed by atoms with Crippen molar-refractivity contribution in [3.8, 4) is 0 Å². The molecule has 0 saturated heterocycles. The molecule has 4 nitrogen and oxygen atoms in total. The predicted octanol–water partition coefficient (Wildman–Crippen LogP) is 2.86. The fourth-order valence-electron chi connectivity index (χ4n) is 2.18. The summed E-state index contributed by atoms with van der Waals surface area (Å²) in [4.78, 5) is 5.74. The third-order valence-electron chi connectivity index (χ3n) is 3.12. The first kappa shape index (κ1) is 20.7. The molecule has 0 radical (unpaired) electrons. The van der Waals surface area contributed by atoms with Crippen molar-refractivity contribution >= 4 is 41.3 Å². The van der Waals surface area contributed by atoms with Gasteiger partial charge in [0.2, 0.25) is 0 Å². The predicted molar refractivity (Wildman–Crippen MR) is 103 cm³/mol. The molecule has 4 N–H and O–H groups in total. The van der Waals surface area contributed by atoms with E-state index in [9.17, 15) is 0 Å². The minimum atomic E-state index is 0. The maximum Gasteiger partial charge on any atom is 0.188 e. The molecule has 0 saturated carbocycles. The zero-order valence-corrected chi connectivity index (χ0v) is 16.1. The van der Waals surface area contributed by atoms with Gasteiger partial charge in [0.25, 0.3) is 0 Å². The number of nitrogens with one attached hydrogen (secondary N) is 1. The summed E-state index contributed by atoms with van der Waals surface area (Å²) in [5.74, 6) is 1.54. The van der Waals surface area contributed by atoms with Crippen molar-refractivity contribution < 1.29 is 5.11 Å². The van der Waals surface area contributed by atoms with E-state index in [1.54, 1.807) is 11.3 Å². The Morgan fingerprint density at radius 2 is 2.24 bits per heavy atom. The highest BCUT2D eigenvalue weighted by atomic mass is 127. The van der Waals surface area contributed by atoms with Gasteiger partial charge in [0.1, 0.15) is 0 Å². The number of aliphatic hydroxyl groups is 1. The van der Waals surface area contributed by atoms with Gasteiger partial charge in [0.05, 0.1) is 0 Å². The van der Waals surface area contributed by atoms with Crippen molar-refractivity contribution in [2.24, 2.45) is 22.6 Å². The number of rotatable bonds is 9. The molecule has 122 valence electrons. The molecular weight excluding hydrogens is 397 g/mol. The molecular formula is C15H28IN3OS. The minimum absolute atomic E-state index is 0. The highest BCUT2D eigenvalue weighted by Gasteiger charge is 2.10. The lowest BCUT2D eigenvalue weighted by atomic mass is 9.94. The Kier molecular flexibility index (Phi) is 12.0. The molecule has 6 heteroatoms. The molecule has 1 rings (SSSR count). The Balaban J connectivity index is 0.00000400. The van der Waals surface area contributed by atoms with Crippen LogP contribution in [0.2, 0.25) is 0 Å². The van der Waals surface area contributed by atoms with Gasteiger partial charge in [0, 0.05) is 24.6 Å². The average molecular weight is 425 g/mol. The topological polar surface area (TPSA) is 70.6 Å². The Morgan fingerprint density at radius 1 is 1.48 bits per heavy atom. The molecule has 1 aromatic heterocycles. The fraction of sp³-hybridized carbons (Fsp3) is 0.667. The van der Waals surface area contributed by atoms with Crippen LogP contribution in [0.1, 0.15) is 31.6 Å². The largest absolute Gasteiger partial charge is 0.396 e. The van der Waals surface area contributed by atoms with Gasteiger partial charge >= 0.3 is 0 Å². The molecule has 1 unspecified atom stereocenters. The first-order valence-corrected chi connectivity index (χ1v) is 8.16. The summed E-state index contributed by atoms with van der Waals surface area (Å²) in [5.41, 5.74) is 5.87. The highest BCUT2D eigenvalue weighted by molar-refractivity contribution is 14.0. The zero-order chi connectivity index (χ0) is 14.8. The molecule has 0 bridgehead atoms. The van der Waals surface area contributed by atoms with Crippen LogP contribution < -0.4 is 11.1 Å². The summed E-state index contributed by atoms with van der Waals surface area (Å²) in [6.07, 6.45) is 2.84. The number of aliphatic imine (C=N–C) groups is 1. The molecule has 1 heterocycles. The van der Waals surface area contributed by atoms with Crippen LogP contribution in [0.25, 0.3) is 0 Å². The van der Waals surface area contributed by atoms with E-state index in [-0.39, 0.29) is 30.6 Å². The fourth-order valence-corrected chi connectivity index (χ4v) is 2.89. The Morgan fingerprint density at radius 3 is 2.81 bits per heavy atom. The lowest BCUT2D eigenvalue weighted by molar-refractivity contribution is 0.246. The van der Waals surface area contributed by atoms with Gasteiger partial charge in [-0.25, -0.2) is 0 Å². The summed E-state index contributed by atoms with van der Waals surface area (Å²) in [6.45, 7) is 6.10. The summed E-state index contributed by atoms with van der Waals surface area (Å²) in [5, 5.41) is 14.3. The second kappa shape index (κ2) is 12.2. The van der Waals surface area contributed by atoms with Crippen LogP contribution in [0.5, 0.6) is 0 Å². The standard InChI is InChI=1S/C15H27N3OS.HI/c1-12(2)10-13(6-8-19)11-18-15(16)17-7-5-14-4-3-9-20-14;/h3-4,9,12-13,19H,5-8,10-11H2,1-2H3,(H3,16,17,18);1H. The summed E-state index contributed by atoms with van der Waals surface area (Å²) < 4.78 is 0. The number of thiophene rings is 1. The van der Waals surface area contributed by atoms with E-state index in [0.29, 0.717) is 24.3 Å². The minimum Gasteiger partial charge on any atom is -0.396 e. The van der Waals surface area contributed by atoms with E-state index >= 15 is 0 Å². The number of hydrogen-bond donors (Lipinski definition) is 3. The maximum atomic E-state index is 9.07. The van der Waals surface area contributed by atoms with E-state index in [2.05, 4.69) is 41.7 Å². The number of halogens is 1. The number of hydrogen-bond acceptors (Lipinski definition) is 3. The van der Waals surface area contributed by atoms with Gasteiger partial charge in [0.15, 0.2) is 5.96 Å². The van der Waals surface area contributed by atoms with Crippen LogP contribution in [0.3, 0.4) is 0 Å². The molecule has 0 aliphatic rings. The highest BCUT2D eigenvalue weighted by Crippen LogP contribution is 2.15. The quantitative estimate of drug-likeness (QED) is 0.324. The van der Waals surface area contributed by atoms with Crippen LogP contribution in [-0.2, 0) is 6.42 Å². The summed E-state index contributed by atoms with van der Waals surface area (Å²) in [7, 11) is 0. The van der Waals surface area contributed by atoms with Gasteiger partial charge in [-0.15, -0.1) is 35.3 Å². The van der Waals surface area contributed by atoms with Crippen molar-refractivity contribution in [2.75, 3.05) is 19.7 Å². The van der Waals surface area contributed by atoms with Crippen molar-refractivity contribution in [1.82, 2.24) is 5.32 Å². The Labute approximate surface area is 149 Å². The van der Waals surface area contributed by atoms with E-state index in [1.165, 1.54) is 4.88 Å². The van der Waals surface area contributed by atoms with Crippen LogP contribution in [0.4, 0.5) is 0 Å². The SMILES string of the molecule is CC(C)CC(CCO)CN=C(N)NCCc1cccs1.I. The van der Waals surface area contributed by atoms with E-state index < -0.39 is 0 Å². The smallest absolute Gasteiger partial charge is 0.188 e. The van der Waals surface area contributed by atoms with Crippen LogP contribution >= 0.6 is 35.3 Å². The van der Waals surface area contributed by atoms with Gasteiger partial charge in [-0.3, -0.25) is 4.99 Å². The van der Waals surface area contributed by atoms with Crippen LogP contribution in [0.15, 0.2) is 22.5 Å². The molecule has 21 heavy (non-hydrogen) atoms. The third kappa shape index (κ3) is 10.1. The summed E-state index contributed by atoms with van der Waals surface area (Å²) in [6, 6.07) is 4.18. The van der Waals surface area contributed by atoms with E-state index in [1.807, 2.05) is 0 Å². The Bertz CT molecular complexity index is 382. The van der Waals surface area contributed by atoms with Crippen molar-refractivity contribution in [3.63, 3.8) is 0 Å². The molecule has 0 amide bonds. The molecule has 0 aromatic carbocycles. The normalized spacial score (nSPS) is 13.0. The van der Waals surface area contributed by atoms with Gasteiger partial charge in [-0.2, -0.15) is 0 Å². The number of nitrogens with zero attached hydrogens (tertiary/aromatic N) is 1. The molecule has 0 fully saturated rings. The molecule has 0 aliphatic carbocycles. The number of aliphatic hydroxyl groups excluding tert-OH is 1. The Hall–Kier alpha value is -0.340. The van der Waals surface area contributed by atoms with Crippen LogP contribution in [0, 0.1) is 11.8 Å². The molecule has 0 aliphatic heterocycles. The second-order valence-corrected chi connectivity index (χ2v) is 6.52. The first-order chi connectivity index (χ1) is 9.61. The van der Waals surface area contributed by atoms with Crippen molar-refractivity contribution in [2.45, 2.75) is 33.1 Å². The number of nitrogens with two attached hydrogens (primary N) is 1. The first-order valence-electron chi connectivity index (χ1n) is 7.28. The van der Waals surface area contributed by atoms with Crippen molar-refractivity contribution in [1.29, 1.82) is 0 Å². The zero-order valence-electron chi connectivity index (χ0n) is 12.9. The molecule has 1 aromatic rings. The van der Waals surface area contributed by atoms with E-state index in [0.717, 1.165) is 25.8 Å². The maximum absolute atomic E-state index is 9.07. The number of guanidine groups is 1.